The standard InChI is InChI=1S/C13H10ClN3O/c1-2-9-7-11(3-4-12(9)14)18-13-16-6-5-10(8-15)17-13/h3-7H,2H2,1H3. The van der Waals surface area contributed by atoms with Gasteiger partial charge in [-0.3, -0.25) is 0 Å². The van der Waals surface area contributed by atoms with Crippen LogP contribution in [0.25, 0.3) is 0 Å². The first-order valence-electron chi connectivity index (χ1n) is 5.42. The van der Waals surface area contributed by atoms with Crippen molar-refractivity contribution in [2.45, 2.75) is 13.3 Å². The Balaban J connectivity index is 2.26. The molecule has 0 amide bonds. The molecule has 2 rings (SSSR count). The summed E-state index contributed by atoms with van der Waals surface area (Å²) in [5.74, 6) is 0.603. The number of ether oxygens (including phenoxy) is 1. The molecule has 0 spiro atoms. The van der Waals surface area contributed by atoms with Gasteiger partial charge in [0.2, 0.25) is 0 Å². The van der Waals surface area contributed by atoms with Gasteiger partial charge in [-0.05, 0) is 36.2 Å². The van der Waals surface area contributed by atoms with E-state index < -0.39 is 0 Å². The van der Waals surface area contributed by atoms with Gasteiger partial charge < -0.3 is 4.74 Å². The fraction of sp³-hybridized carbons (Fsp3) is 0.154. The zero-order valence-corrected chi connectivity index (χ0v) is 10.5. The Morgan fingerprint density at radius 2 is 2.22 bits per heavy atom. The minimum absolute atomic E-state index is 0.151. The van der Waals surface area contributed by atoms with Crippen LogP contribution >= 0.6 is 11.6 Å². The Kier molecular flexibility index (Phi) is 3.75. The van der Waals surface area contributed by atoms with Crippen LogP contribution in [0, 0.1) is 11.3 Å². The molecular weight excluding hydrogens is 250 g/mol. The summed E-state index contributed by atoms with van der Waals surface area (Å²) >= 11 is 6.02. The van der Waals surface area contributed by atoms with Crippen molar-refractivity contribution in [2.24, 2.45) is 0 Å². The molecule has 0 radical (unpaired) electrons. The maximum atomic E-state index is 8.73. The average Bonchev–Trinajstić information content (AvgIpc) is 2.41. The van der Waals surface area contributed by atoms with Gasteiger partial charge in [0.1, 0.15) is 17.5 Å². The molecule has 18 heavy (non-hydrogen) atoms. The Bertz CT molecular complexity index is 607. The number of benzene rings is 1. The summed E-state index contributed by atoms with van der Waals surface area (Å²) in [5, 5.41) is 9.44. The molecule has 0 bridgehead atoms. The first kappa shape index (κ1) is 12.3. The fourth-order valence-electron chi connectivity index (χ4n) is 1.44. The topological polar surface area (TPSA) is 58.8 Å². The summed E-state index contributed by atoms with van der Waals surface area (Å²) in [5.41, 5.74) is 1.26. The van der Waals surface area contributed by atoms with Crippen LogP contribution in [0.4, 0.5) is 0 Å². The number of hydrogen-bond donors (Lipinski definition) is 0. The third-order valence-electron chi connectivity index (χ3n) is 2.36. The first-order chi connectivity index (χ1) is 8.72. The predicted molar refractivity (Wildman–Crippen MR) is 67.7 cm³/mol. The molecule has 0 saturated carbocycles. The van der Waals surface area contributed by atoms with Crippen LogP contribution in [0.1, 0.15) is 18.2 Å². The molecule has 1 aromatic carbocycles. The summed E-state index contributed by atoms with van der Waals surface area (Å²) in [6.45, 7) is 2.01. The molecule has 0 atom stereocenters. The van der Waals surface area contributed by atoms with Gasteiger partial charge in [0.15, 0.2) is 0 Å². The van der Waals surface area contributed by atoms with E-state index in [1.54, 1.807) is 12.1 Å². The van der Waals surface area contributed by atoms with Crippen molar-refractivity contribution in [1.29, 1.82) is 5.26 Å². The maximum absolute atomic E-state index is 8.73. The van der Waals surface area contributed by atoms with Crippen LogP contribution in [0.2, 0.25) is 5.02 Å². The number of nitrogens with zero attached hydrogens (tertiary/aromatic N) is 3. The quantitative estimate of drug-likeness (QED) is 0.848. The lowest BCUT2D eigenvalue weighted by Crippen LogP contribution is -1.94. The Hall–Kier alpha value is -2.12. The average molecular weight is 260 g/mol. The van der Waals surface area contributed by atoms with E-state index >= 15 is 0 Å². The molecule has 0 N–H and O–H groups in total. The van der Waals surface area contributed by atoms with Gasteiger partial charge in [0.25, 0.3) is 0 Å². The lowest BCUT2D eigenvalue weighted by Gasteiger charge is -2.06. The van der Waals surface area contributed by atoms with Gasteiger partial charge in [-0.25, -0.2) is 4.98 Å². The van der Waals surface area contributed by atoms with Crippen molar-refractivity contribution in [3.05, 3.63) is 46.7 Å². The molecule has 1 aromatic heterocycles. The van der Waals surface area contributed by atoms with Crippen LogP contribution in [0.3, 0.4) is 0 Å². The summed E-state index contributed by atoms with van der Waals surface area (Å²) in [6, 6.07) is 8.95. The van der Waals surface area contributed by atoms with Crippen LogP contribution in [-0.4, -0.2) is 9.97 Å². The number of aromatic nitrogens is 2. The van der Waals surface area contributed by atoms with E-state index in [4.69, 9.17) is 21.6 Å². The summed E-state index contributed by atoms with van der Waals surface area (Å²) in [4.78, 5) is 7.88. The van der Waals surface area contributed by atoms with Gasteiger partial charge in [-0.2, -0.15) is 10.2 Å². The number of rotatable bonds is 3. The highest BCUT2D eigenvalue weighted by atomic mass is 35.5. The highest BCUT2D eigenvalue weighted by Crippen LogP contribution is 2.25. The van der Waals surface area contributed by atoms with Crippen molar-refractivity contribution < 1.29 is 4.74 Å². The van der Waals surface area contributed by atoms with Gasteiger partial charge in [-0.1, -0.05) is 18.5 Å². The third-order valence-corrected chi connectivity index (χ3v) is 2.72. The van der Waals surface area contributed by atoms with E-state index in [9.17, 15) is 0 Å². The Morgan fingerprint density at radius 3 is 2.94 bits per heavy atom. The molecular formula is C13H10ClN3O. The first-order valence-corrected chi connectivity index (χ1v) is 5.80. The van der Waals surface area contributed by atoms with Crippen LogP contribution in [0.15, 0.2) is 30.5 Å². The smallest absolute Gasteiger partial charge is 0.323 e. The Morgan fingerprint density at radius 1 is 1.39 bits per heavy atom. The second kappa shape index (κ2) is 5.48. The molecule has 2 aromatic rings. The largest absolute Gasteiger partial charge is 0.424 e. The van der Waals surface area contributed by atoms with E-state index in [0.717, 1.165) is 12.0 Å². The van der Waals surface area contributed by atoms with Crippen molar-refractivity contribution in [3.63, 3.8) is 0 Å². The minimum Gasteiger partial charge on any atom is -0.424 e. The van der Waals surface area contributed by atoms with Gasteiger partial charge in [-0.15, -0.1) is 0 Å². The second-order valence-electron chi connectivity index (χ2n) is 3.55. The molecule has 0 aliphatic carbocycles. The fourth-order valence-corrected chi connectivity index (χ4v) is 1.69. The van der Waals surface area contributed by atoms with Crippen LogP contribution in [0.5, 0.6) is 11.8 Å². The maximum Gasteiger partial charge on any atom is 0.323 e. The zero-order valence-electron chi connectivity index (χ0n) is 9.72. The lowest BCUT2D eigenvalue weighted by molar-refractivity contribution is 0.440. The van der Waals surface area contributed by atoms with E-state index in [0.29, 0.717) is 10.8 Å². The Labute approximate surface area is 110 Å². The molecule has 0 saturated heterocycles. The molecule has 0 aliphatic heterocycles. The van der Waals surface area contributed by atoms with Crippen LogP contribution < -0.4 is 4.74 Å². The molecule has 4 nitrogen and oxygen atoms in total. The van der Waals surface area contributed by atoms with E-state index in [-0.39, 0.29) is 11.7 Å². The second-order valence-corrected chi connectivity index (χ2v) is 3.95. The number of halogens is 1. The molecule has 1 heterocycles. The summed E-state index contributed by atoms with van der Waals surface area (Å²) in [6.07, 6.45) is 2.30. The number of aryl methyl sites for hydroxylation is 1. The summed E-state index contributed by atoms with van der Waals surface area (Å²) in [7, 11) is 0. The van der Waals surface area contributed by atoms with E-state index in [1.807, 2.05) is 19.1 Å². The third kappa shape index (κ3) is 2.76. The molecule has 0 aliphatic rings. The minimum atomic E-state index is 0.151. The van der Waals surface area contributed by atoms with Crippen LogP contribution in [-0.2, 0) is 6.42 Å². The van der Waals surface area contributed by atoms with Gasteiger partial charge >= 0.3 is 6.01 Å². The van der Waals surface area contributed by atoms with E-state index in [1.165, 1.54) is 12.3 Å². The van der Waals surface area contributed by atoms with Crippen molar-refractivity contribution in [3.8, 4) is 17.8 Å². The molecule has 90 valence electrons. The molecule has 0 fully saturated rings. The van der Waals surface area contributed by atoms with E-state index in [2.05, 4.69) is 9.97 Å². The zero-order chi connectivity index (χ0) is 13.0. The SMILES string of the molecule is CCc1cc(Oc2nccc(C#N)n2)ccc1Cl. The highest BCUT2D eigenvalue weighted by molar-refractivity contribution is 6.31. The molecule has 0 unspecified atom stereocenters. The van der Waals surface area contributed by atoms with Gasteiger partial charge in [0.05, 0.1) is 0 Å². The number of hydrogen-bond acceptors (Lipinski definition) is 4. The van der Waals surface area contributed by atoms with Gasteiger partial charge in [0, 0.05) is 11.2 Å². The highest BCUT2D eigenvalue weighted by Gasteiger charge is 2.05. The number of nitriles is 1. The predicted octanol–water partition coefficient (Wildman–Crippen LogP) is 3.36. The van der Waals surface area contributed by atoms with Crippen molar-refractivity contribution in [1.82, 2.24) is 9.97 Å². The van der Waals surface area contributed by atoms with Crippen molar-refractivity contribution >= 4 is 11.6 Å². The monoisotopic (exact) mass is 259 g/mol. The molecule has 5 heteroatoms. The summed E-state index contributed by atoms with van der Waals surface area (Å²) < 4.78 is 5.49. The van der Waals surface area contributed by atoms with Crippen molar-refractivity contribution in [2.75, 3.05) is 0 Å². The lowest BCUT2D eigenvalue weighted by atomic mass is 10.1. The normalized spacial score (nSPS) is 9.83.